The van der Waals surface area contributed by atoms with E-state index in [1.54, 1.807) is 18.2 Å². The third kappa shape index (κ3) is 2.60. The Kier molecular flexibility index (Phi) is 3.47. The molecule has 0 aliphatic rings. The van der Waals surface area contributed by atoms with Crippen molar-refractivity contribution in [3.05, 3.63) is 46.0 Å². The normalized spacial score (nSPS) is 10.8. The van der Waals surface area contributed by atoms with Gasteiger partial charge >= 0.3 is 0 Å². The van der Waals surface area contributed by atoms with Gasteiger partial charge < -0.3 is 16.6 Å². The molecule has 0 aliphatic heterocycles. The molecule has 9 heteroatoms. The number of fused-ring (bicyclic) bond motifs is 1. The SMILES string of the molecule is Nc1nc(N)c2cc(CO)c(-c3ccc([N+](=O)[O-])cc3)nc2n1. The van der Waals surface area contributed by atoms with Crippen LogP contribution in [-0.4, -0.2) is 25.0 Å². The first-order valence-corrected chi connectivity index (χ1v) is 6.58. The third-order valence-corrected chi connectivity index (χ3v) is 3.33. The topological polar surface area (TPSA) is 154 Å². The highest BCUT2D eigenvalue weighted by Gasteiger charge is 2.14. The Hall–Kier alpha value is -3.33. The fourth-order valence-electron chi connectivity index (χ4n) is 2.25. The molecule has 0 aliphatic carbocycles. The maximum absolute atomic E-state index is 10.7. The molecule has 0 spiro atoms. The number of benzene rings is 1. The highest BCUT2D eigenvalue weighted by molar-refractivity contribution is 5.89. The van der Waals surface area contributed by atoms with Crippen molar-refractivity contribution in [2.75, 3.05) is 11.5 Å². The number of rotatable bonds is 3. The molecule has 0 atom stereocenters. The van der Waals surface area contributed by atoms with Crippen LogP contribution in [0.5, 0.6) is 0 Å². The lowest BCUT2D eigenvalue weighted by Crippen LogP contribution is -2.04. The minimum absolute atomic E-state index is 0.00565. The Bertz CT molecular complexity index is 911. The van der Waals surface area contributed by atoms with Gasteiger partial charge in [0, 0.05) is 23.3 Å². The zero-order chi connectivity index (χ0) is 16.6. The lowest BCUT2D eigenvalue weighted by Gasteiger charge is -2.10. The van der Waals surface area contributed by atoms with E-state index in [2.05, 4.69) is 15.0 Å². The fourth-order valence-corrected chi connectivity index (χ4v) is 2.25. The Balaban J connectivity index is 2.21. The average molecular weight is 312 g/mol. The first kappa shape index (κ1) is 14.6. The molecule has 3 rings (SSSR count). The number of pyridine rings is 1. The number of hydrogen-bond acceptors (Lipinski definition) is 8. The molecule has 9 nitrogen and oxygen atoms in total. The predicted molar refractivity (Wildman–Crippen MR) is 84.2 cm³/mol. The molecular formula is C14H12N6O3. The molecule has 5 N–H and O–H groups in total. The molecule has 2 heterocycles. The largest absolute Gasteiger partial charge is 0.392 e. The van der Waals surface area contributed by atoms with Crippen molar-refractivity contribution in [2.24, 2.45) is 0 Å². The van der Waals surface area contributed by atoms with E-state index in [4.69, 9.17) is 11.5 Å². The lowest BCUT2D eigenvalue weighted by molar-refractivity contribution is -0.384. The Labute approximate surface area is 129 Å². The number of aliphatic hydroxyl groups is 1. The Morgan fingerprint density at radius 3 is 2.43 bits per heavy atom. The smallest absolute Gasteiger partial charge is 0.269 e. The maximum atomic E-state index is 10.7. The number of nitrogen functional groups attached to an aromatic ring is 2. The van der Waals surface area contributed by atoms with E-state index in [1.807, 2.05) is 0 Å². The van der Waals surface area contributed by atoms with E-state index < -0.39 is 4.92 Å². The number of nitrogens with zero attached hydrogens (tertiary/aromatic N) is 4. The van der Waals surface area contributed by atoms with Crippen LogP contribution in [0.2, 0.25) is 0 Å². The van der Waals surface area contributed by atoms with E-state index in [1.165, 1.54) is 12.1 Å². The van der Waals surface area contributed by atoms with Gasteiger partial charge in [0.25, 0.3) is 5.69 Å². The summed E-state index contributed by atoms with van der Waals surface area (Å²) in [6.07, 6.45) is 0. The van der Waals surface area contributed by atoms with Gasteiger partial charge in [-0.05, 0) is 18.2 Å². The minimum Gasteiger partial charge on any atom is -0.392 e. The minimum atomic E-state index is -0.487. The number of nitro groups is 1. The van der Waals surface area contributed by atoms with E-state index in [9.17, 15) is 15.2 Å². The molecule has 0 fully saturated rings. The van der Waals surface area contributed by atoms with Crippen molar-refractivity contribution in [3.8, 4) is 11.3 Å². The number of anilines is 2. The summed E-state index contributed by atoms with van der Waals surface area (Å²) in [4.78, 5) is 22.5. The summed E-state index contributed by atoms with van der Waals surface area (Å²) in [7, 11) is 0. The first-order valence-electron chi connectivity index (χ1n) is 6.58. The molecule has 116 valence electrons. The summed E-state index contributed by atoms with van der Waals surface area (Å²) in [5.74, 6) is 0.166. The van der Waals surface area contributed by atoms with Crippen LogP contribution < -0.4 is 11.5 Å². The number of nitro benzene ring substituents is 1. The molecule has 1 aromatic carbocycles. The van der Waals surface area contributed by atoms with Crippen LogP contribution in [-0.2, 0) is 6.61 Å². The lowest BCUT2D eigenvalue weighted by atomic mass is 10.0. The molecule has 0 radical (unpaired) electrons. The molecule has 23 heavy (non-hydrogen) atoms. The number of hydrogen-bond donors (Lipinski definition) is 3. The van der Waals surface area contributed by atoms with Crippen LogP contribution in [0.3, 0.4) is 0 Å². The zero-order valence-corrected chi connectivity index (χ0v) is 11.8. The van der Waals surface area contributed by atoms with Crippen molar-refractivity contribution < 1.29 is 10.0 Å². The van der Waals surface area contributed by atoms with Gasteiger partial charge in [0.05, 0.1) is 22.6 Å². The second-order valence-electron chi connectivity index (χ2n) is 4.80. The van der Waals surface area contributed by atoms with Gasteiger partial charge in [0.1, 0.15) is 5.82 Å². The summed E-state index contributed by atoms with van der Waals surface area (Å²) < 4.78 is 0. The molecule has 0 saturated heterocycles. The van der Waals surface area contributed by atoms with Crippen LogP contribution >= 0.6 is 0 Å². The van der Waals surface area contributed by atoms with E-state index in [0.29, 0.717) is 27.9 Å². The van der Waals surface area contributed by atoms with Crippen LogP contribution in [0.4, 0.5) is 17.5 Å². The van der Waals surface area contributed by atoms with E-state index in [0.717, 1.165) is 0 Å². The second kappa shape index (κ2) is 5.46. The second-order valence-corrected chi connectivity index (χ2v) is 4.80. The summed E-state index contributed by atoms with van der Waals surface area (Å²) in [5, 5.41) is 20.8. The third-order valence-electron chi connectivity index (χ3n) is 3.33. The first-order chi connectivity index (χ1) is 11.0. The average Bonchev–Trinajstić information content (AvgIpc) is 2.53. The molecule has 0 unspecified atom stereocenters. The van der Waals surface area contributed by atoms with Crippen LogP contribution in [0, 0.1) is 10.1 Å². The van der Waals surface area contributed by atoms with Crippen LogP contribution in [0.1, 0.15) is 5.56 Å². The summed E-state index contributed by atoms with van der Waals surface area (Å²) in [5.41, 5.74) is 13.2. The van der Waals surface area contributed by atoms with Crippen LogP contribution in [0.15, 0.2) is 30.3 Å². The van der Waals surface area contributed by atoms with E-state index >= 15 is 0 Å². The van der Waals surface area contributed by atoms with Gasteiger partial charge in [-0.1, -0.05) is 0 Å². The van der Waals surface area contributed by atoms with Crippen molar-refractivity contribution >= 4 is 28.5 Å². The summed E-state index contributed by atoms with van der Waals surface area (Å²) in [6.45, 7) is -0.279. The van der Waals surface area contributed by atoms with Gasteiger partial charge in [-0.25, -0.2) is 4.98 Å². The van der Waals surface area contributed by atoms with Crippen molar-refractivity contribution in [3.63, 3.8) is 0 Å². The van der Waals surface area contributed by atoms with E-state index in [-0.39, 0.29) is 24.1 Å². The number of non-ortho nitro benzene ring substituents is 1. The summed E-state index contributed by atoms with van der Waals surface area (Å²) >= 11 is 0. The molecule has 2 aromatic heterocycles. The monoisotopic (exact) mass is 312 g/mol. The predicted octanol–water partition coefficient (Wildman–Crippen LogP) is 1.26. The van der Waals surface area contributed by atoms with Gasteiger partial charge in [-0.15, -0.1) is 0 Å². The molecule has 3 aromatic rings. The Morgan fingerprint density at radius 2 is 1.83 bits per heavy atom. The Morgan fingerprint density at radius 1 is 1.13 bits per heavy atom. The molecule has 0 bridgehead atoms. The van der Waals surface area contributed by atoms with Crippen molar-refractivity contribution in [1.82, 2.24) is 15.0 Å². The standard InChI is InChI=1S/C14H12N6O3/c15-12-10-5-8(6-21)11(17-13(10)19-14(16)18-12)7-1-3-9(4-2-7)20(22)23/h1-5,21H,6H2,(H4,15,16,17,18,19). The molecular weight excluding hydrogens is 300 g/mol. The highest BCUT2D eigenvalue weighted by atomic mass is 16.6. The van der Waals surface area contributed by atoms with Crippen molar-refractivity contribution in [1.29, 1.82) is 0 Å². The van der Waals surface area contributed by atoms with Crippen molar-refractivity contribution in [2.45, 2.75) is 6.61 Å². The van der Waals surface area contributed by atoms with Gasteiger partial charge in [0.2, 0.25) is 5.95 Å². The molecule has 0 amide bonds. The van der Waals surface area contributed by atoms with Gasteiger partial charge in [-0.3, -0.25) is 10.1 Å². The quantitative estimate of drug-likeness (QED) is 0.482. The zero-order valence-electron chi connectivity index (χ0n) is 11.8. The van der Waals surface area contributed by atoms with Gasteiger partial charge in [-0.2, -0.15) is 9.97 Å². The highest BCUT2D eigenvalue weighted by Crippen LogP contribution is 2.28. The number of aliphatic hydroxyl groups excluding tert-OH is 1. The summed E-state index contributed by atoms with van der Waals surface area (Å²) in [6, 6.07) is 7.47. The van der Waals surface area contributed by atoms with Crippen LogP contribution in [0.25, 0.3) is 22.3 Å². The fraction of sp³-hybridized carbons (Fsp3) is 0.0714. The number of aromatic nitrogens is 3. The molecule has 0 saturated carbocycles. The maximum Gasteiger partial charge on any atom is 0.269 e. The van der Waals surface area contributed by atoms with Gasteiger partial charge in [0.15, 0.2) is 5.65 Å². The number of nitrogens with two attached hydrogens (primary N) is 2.